The average molecular weight is 537 g/mol. The molecule has 2 N–H and O–H groups in total. The number of anilines is 1. The molecular formula is C24H28F4N8O2. The molecule has 3 aromatic heterocycles. The van der Waals surface area contributed by atoms with Crippen LogP contribution in [0, 0.1) is 0 Å². The van der Waals surface area contributed by atoms with Crippen LogP contribution in [-0.2, 0) is 6.54 Å². The molecule has 14 heteroatoms. The van der Waals surface area contributed by atoms with Gasteiger partial charge in [-0.25, -0.2) is 26.8 Å². The van der Waals surface area contributed by atoms with Crippen LogP contribution < -0.4 is 10.1 Å². The van der Waals surface area contributed by atoms with E-state index in [0.29, 0.717) is 34.2 Å². The first-order valence-corrected chi connectivity index (χ1v) is 12.1. The summed E-state index contributed by atoms with van der Waals surface area (Å²) in [7, 11) is 1.41. The van der Waals surface area contributed by atoms with E-state index in [-0.39, 0.29) is 24.8 Å². The van der Waals surface area contributed by atoms with Crippen LogP contribution in [-0.4, -0.2) is 90.3 Å². The maximum atomic E-state index is 15.0. The predicted molar refractivity (Wildman–Crippen MR) is 132 cm³/mol. The van der Waals surface area contributed by atoms with Crippen molar-refractivity contribution in [2.24, 2.45) is 0 Å². The van der Waals surface area contributed by atoms with Crippen LogP contribution in [0.5, 0.6) is 5.88 Å². The molecule has 1 atom stereocenters. The lowest BCUT2D eigenvalue weighted by Gasteiger charge is -2.40. The smallest absolute Gasteiger partial charge is 0.280 e. The van der Waals surface area contributed by atoms with Gasteiger partial charge in [0.1, 0.15) is 17.6 Å². The maximum Gasteiger partial charge on any atom is 0.280 e. The standard InChI is InChI=1S/C24H28F4N8O2/c1-23(2,37)12-34-8-7-18(24(27,28)13-34)29-22-30-21(38-3)20-15(6-9-35(20)32-22)14-4-5-16-17(10-14)36(33-31-16)11-19(25)26/h4-6,9-10,18-19,37H,7-8,11-13H2,1-3H3,(H,29,32)/t18-/m1/s1. The summed E-state index contributed by atoms with van der Waals surface area (Å²) in [6, 6.07) is 5.69. The number of benzene rings is 1. The second-order valence-corrected chi connectivity index (χ2v) is 10.1. The number of β-amino-alcohol motifs (C(OH)–C–C–N with tert-alkyl or cyclic N) is 1. The SMILES string of the molecule is COc1nc(N[C@@H]2CCN(CC(C)(C)O)CC2(F)F)nn2ccc(-c3ccc4nnn(CC(F)F)c4c3)c12. The molecule has 1 aliphatic rings. The van der Waals surface area contributed by atoms with Gasteiger partial charge in [0, 0.05) is 24.8 Å². The van der Waals surface area contributed by atoms with E-state index in [9.17, 15) is 22.7 Å². The highest BCUT2D eigenvalue weighted by atomic mass is 19.3. The lowest BCUT2D eigenvalue weighted by molar-refractivity contribution is -0.0888. The summed E-state index contributed by atoms with van der Waals surface area (Å²) >= 11 is 0. The monoisotopic (exact) mass is 536 g/mol. The number of hydrogen-bond acceptors (Lipinski definition) is 8. The van der Waals surface area contributed by atoms with Gasteiger partial charge in [-0.3, -0.25) is 4.90 Å². The number of likely N-dealkylation sites (tertiary alicyclic amines) is 1. The van der Waals surface area contributed by atoms with Crippen molar-refractivity contribution in [3.05, 3.63) is 30.5 Å². The summed E-state index contributed by atoms with van der Waals surface area (Å²) in [5, 5.41) is 24.9. The Morgan fingerprint density at radius 2 is 2.05 bits per heavy atom. The Morgan fingerprint density at radius 1 is 1.26 bits per heavy atom. The number of alkyl halides is 4. The van der Waals surface area contributed by atoms with Gasteiger partial charge in [-0.15, -0.1) is 10.2 Å². The second kappa shape index (κ2) is 9.66. The van der Waals surface area contributed by atoms with Gasteiger partial charge in [-0.1, -0.05) is 11.3 Å². The first kappa shape index (κ1) is 26.1. The molecule has 0 spiro atoms. The van der Waals surface area contributed by atoms with E-state index in [4.69, 9.17) is 4.74 Å². The van der Waals surface area contributed by atoms with Gasteiger partial charge in [0.2, 0.25) is 11.8 Å². The number of ether oxygens (including phenoxy) is 1. The number of halogens is 4. The van der Waals surface area contributed by atoms with E-state index in [1.807, 2.05) is 0 Å². The molecule has 5 rings (SSSR count). The minimum absolute atomic E-state index is 0.0215. The van der Waals surface area contributed by atoms with E-state index < -0.39 is 37.1 Å². The molecule has 0 radical (unpaired) electrons. The molecular weight excluding hydrogens is 508 g/mol. The van der Waals surface area contributed by atoms with Gasteiger partial charge >= 0.3 is 0 Å². The summed E-state index contributed by atoms with van der Waals surface area (Å²) in [4.78, 5) is 5.89. The van der Waals surface area contributed by atoms with Crippen molar-refractivity contribution in [2.45, 2.75) is 50.8 Å². The summed E-state index contributed by atoms with van der Waals surface area (Å²) in [5.74, 6) is -2.95. The zero-order valence-electron chi connectivity index (χ0n) is 21.1. The first-order valence-electron chi connectivity index (χ1n) is 12.1. The summed E-state index contributed by atoms with van der Waals surface area (Å²) in [6.07, 6.45) is -0.813. The number of piperidine rings is 1. The quantitative estimate of drug-likeness (QED) is 0.331. The van der Waals surface area contributed by atoms with Crippen molar-refractivity contribution in [3.8, 4) is 17.0 Å². The molecule has 4 aromatic rings. The summed E-state index contributed by atoms with van der Waals surface area (Å²) in [6.45, 7) is 2.61. The van der Waals surface area contributed by atoms with E-state index in [2.05, 4.69) is 25.7 Å². The highest BCUT2D eigenvalue weighted by Crippen LogP contribution is 2.34. The number of hydrogen-bond donors (Lipinski definition) is 2. The van der Waals surface area contributed by atoms with Crippen molar-refractivity contribution in [3.63, 3.8) is 0 Å². The number of aromatic nitrogens is 6. The minimum atomic E-state index is -3.08. The van der Waals surface area contributed by atoms with Crippen LogP contribution in [0.25, 0.3) is 27.7 Å². The average Bonchev–Trinajstić information content (AvgIpc) is 3.42. The topological polar surface area (TPSA) is 106 Å². The molecule has 1 fully saturated rings. The lowest BCUT2D eigenvalue weighted by atomic mass is 9.99. The summed E-state index contributed by atoms with van der Waals surface area (Å²) < 4.78 is 64.0. The molecule has 0 amide bonds. The van der Waals surface area contributed by atoms with Crippen molar-refractivity contribution < 1.29 is 27.4 Å². The van der Waals surface area contributed by atoms with Crippen LogP contribution in [0.2, 0.25) is 0 Å². The Bertz CT molecular complexity index is 1450. The van der Waals surface area contributed by atoms with Gasteiger partial charge in [0.05, 0.1) is 30.8 Å². The number of methoxy groups -OCH3 is 1. The molecule has 204 valence electrons. The van der Waals surface area contributed by atoms with Gasteiger partial charge in [0.25, 0.3) is 12.3 Å². The summed E-state index contributed by atoms with van der Waals surface area (Å²) in [5.41, 5.74) is 1.65. The van der Waals surface area contributed by atoms with E-state index in [1.54, 1.807) is 49.2 Å². The third-order valence-corrected chi connectivity index (χ3v) is 6.40. The van der Waals surface area contributed by atoms with Gasteiger partial charge in [-0.05, 0) is 44.0 Å². The van der Waals surface area contributed by atoms with Crippen LogP contribution in [0.3, 0.4) is 0 Å². The Labute approximate surface area is 215 Å². The number of rotatable bonds is 8. The van der Waals surface area contributed by atoms with Crippen LogP contribution in [0.1, 0.15) is 20.3 Å². The Hall–Kier alpha value is -3.52. The Balaban J connectivity index is 1.43. The van der Waals surface area contributed by atoms with E-state index in [0.717, 1.165) is 4.68 Å². The third-order valence-electron chi connectivity index (χ3n) is 6.40. The molecule has 1 aromatic carbocycles. The van der Waals surface area contributed by atoms with Gasteiger partial charge in [-0.2, -0.15) is 4.98 Å². The molecule has 1 aliphatic heterocycles. The molecule has 0 aliphatic carbocycles. The molecule has 0 unspecified atom stereocenters. The lowest BCUT2D eigenvalue weighted by Crippen LogP contribution is -2.56. The van der Waals surface area contributed by atoms with Crippen molar-refractivity contribution in [1.82, 2.24) is 34.5 Å². The van der Waals surface area contributed by atoms with Crippen LogP contribution in [0.4, 0.5) is 23.5 Å². The van der Waals surface area contributed by atoms with Crippen molar-refractivity contribution in [2.75, 3.05) is 32.1 Å². The van der Waals surface area contributed by atoms with E-state index in [1.165, 1.54) is 11.6 Å². The van der Waals surface area contributed by atoms with Crippen LogP contribution in [0.15, 0.2) is 30.5 Å². The Kier molecular flexibility index (Phi) is 6.63. The number of nitrogens with one attached hydrogen (secondary N) is 1. The second-order valence-electron chi connectivity index (χ2n) is 10.1. The minimum Gasteiger partial charge on any atom is -0.479 e. The largest absolute Gasteiger partial charge is 0.479 e. The highest BCUT2D eigenvalue weighted by Gasteiger charge is 2.45. The van der Waals surface area contributed by atoms with E-state index >= 15 is 0 Å². The number of fused-ring (bicyclic) bond motifs is 2. The number of nitrogens with zero attached hydrogens (tertiary/aromatic N) is 7. The molecule has 0 bridgehead atoms. The zero-order valence-corrected chi connectivity index (χ0v) is 21.1. The maximum absolute atomic E-state index is 15.0. The molecule has 1 saturated heterocycles. The fourth-order valence-corrected chi connectivity index (χ4v) is 4.85. The normalized spacial score (nSPS) is 18.5. The fraction of sp³-hybridized carbons (Fsp3) is 0.500. The van der Waals surface area contributed by atoms with Crippen molar-refractivity contribution >= 4 is 22.5 Å². The highest BCUT2D eigenvalue weighted by molar-refractivity contribution is 5.89. The van der Waals surface area contributed by atoms with Crippen molar-refractivity contribution in [1.29, 1.82) is 0 Å². The molecule has 0 saturated carbocycles. The fourth-order valence-electron chi connectivity index (χ4n) is 4.85. The zero-order chi connectivity index (χ0) is 27.2. The third kappa shape index (κ3) is 5.23. The predicted octanol–water partition coefficient (Wildman–Crippen LogP) is 3.31. The molecule has 38 heavy (non-hydrogen) atoms. The number of aliphatic hydroxyl groups is 1. The van der Waals surface area contributed by atoms with Crippen LogP contribution >= 0.6 is 0 Å². The first-order chi connectivity index (χ1) is 17.9. The Morgan fingerprint density at radius 3 is 2.74 bits per heavy atom. The molecule has 10 nitrogen and oxygen atoms in total. The van der Waals surface area contributed by atoms with Gasteiger partial charge in [0.15, 0.2) is 0 Å². The van der Waals surface area contributed by atoms with Gasteiger partial charge < -0.3 is 15.2 Å². The molecule has 4 heterocycles.